The normalized spacial score (nSPS) is 10.3. The number of para-hydroxylation sites is 2. The maximum Gasteiger partial charge on any atom is 0.141 e. The van der Waals surface area contributed by atoms with E-state index in [2.05, 4.69) is 10.6 Å². The fraction of sp³-hybridized carbons (Fsp3) is 0.286. The first-order valence-corrected chi connectivity index (χ1v) is 6.00. The molecule has 2 N–H and O–H groups in total. The first-order chi connectivity index (χ1) is 8.90. The number of hydrogen-bond acceptors (Lipinski definition) is 4. The van der Waals surface area contributed by atoms with Gasteiger partial charge >= 0.3 is 0 Å². The number of nitrogens with one attached hydrogen (secondary N) is 2. The molecule has 1 heterocycles. The molecular formula is C14H18N2O2. The molecule has 0 aliphatic carbocycles. The average molecular weight is 246 g/mol. The highest BCUT2D eigenvalue weighted by Crippen LogP contribution is 2.22. The highest BCUT2D eigenvalue weighted by molar-refractivity contribution is 5.56. The maximum atomic E-state index is 5.26. The van der Waals surface area contributed by atoms with E-state index in [9.17, 15) is 0 Å². The number of methoxy groups -OCH3 is 1. The molecule has 0 amide bonds. The number of hydrogen-bond donors (Lipinski definition) is 2. The summed E-state index contributed by atoms with van der Waals surface area (Å²) in [5.41, 5.74) is 1.01. The fourth-order valence-corrected chi connectivity index (χ4v) is 1.70. The van der Waals surface area contributed by atoms with E-state index in [1.165, 1.54) is 0 Å². The van der Waals surface area contributed by atoms with E-state index in [1.807, 2.05) is 36.4 Å². The highest BCUT2D eigenvalue weighted by atomic mass is 16.5. The van der Waals surface area contributed by atoms with Crippen molar-refractivity contribution >= 4 is 5.69 Å². The van der Waals surface area contributed by atoms with Crippen molar-refractivity contribution in [2.45, 2.75) is 6.54 Å². The van der Waals surface area contributed by atoms with Gasteiger partial charge in [0.2, 0.25) is 0 Å². The van der Waals surface area contributed by atoms with Gasteiger partial charge in [0.25, 0.3) is 0 Å². The fourth-order valence-electron chi connectivity index (χ4n) is 1.70. The minimum Gasteiger partial charge on any atom is -0.495 e. The zero-order valence-electron chi connectivity index (χ0n) is 10.5. The topological polar surface area (TPSA) is 46.4 Å². The molecule has 0 saturated heterocycles. The van der Waals surface area contributed by atoms with E-state index in [1.54, 1.807) is 13.4 Å². The Morgan fingerprint density at radius 2 is 2.00 bits per heavy atom. The molecule has 0 aliphatic heterocycles. The first-order valence-electron chi connectivity index (χ1n) is 6.00. The molecule has 96 valence electrons. The molecule has 0 bridgehead atoms. The number of benzene rings is 1. The summed E-state index contributed by atoms with van der Waals surface area (Å²) in [4.78, 5) is 0. The Balaban J connectivity index is 1.69. The summed E-state index contributed by atoms with van der Waals surface area (Å²) in [6, 6.07) is 11.7. The number of ether oxygens (including phenoxy) is 1. The van der Waals surface area contributed by atoms with E-state index in [4.69, 9.17) is 9.15 Å². The van der Waals surface area contributed by atoms with Gasteiger partial charge in [-0.05, 0) is 24.3 Å². The molecule has 4 heteroatoms. The van der Waals surface area contributed by atoms with Gasteiger partial charge in [-0.1, -0.05) is 12.1 Å². The maximum absolute atomic E-state index is 5.26. The lowest BCUT2D eigenvalue weighted by molar-refractivity contribution is 0.416. The Morgan fingerprint density at radius 3 is 2.78 bits per heavy atom. The Hall–Kier alpha value is -1.94. The van der Waals surface area contributed by atoms with Gasteiger partial charge < -0.3 is 19.8 Å². The highest BCUT2D eigenvalue weighted by Gasteiger charge is 1.99. The molecule has 2 rings (SSSR count). The van der Waals surface area contributed by atoms with Gasteiger partial charge in [-0.15, -0.1) is 0 Å². The molecule has 0 spiro atoms. The summed E-state index contributed by atoms with van der Waals surface area (Å²) in [7, 11) is 1.68. The molecule has 0 fully saturated rings. The third kappa shape index (κ3) is 3.53. The summed E-state index contributed by atoms with van der Waals surface area (Å²) >= 11 is 0. The van der Waals surface area contributed by atoms with Gasteiger partial charge in [0.05, 0.1) is 25.6 Å². The van der Waals surface area contributed by atoms with Gasteiger partial charge in [0.15, 0.2) is 0 Å². The molecule has 0 radical (unpaired) electrons. The zero-order valence-corrected chi connectivity index (χ0v) is 10.5. The summed E-state index contributed by atoms with van der Waals surface area (Å²) in [6.45, 7) is 2.44. The molecule has 0 atom stereocenters. The van der Waals surface area contributed by atoms with Crippen molar-refractivity contribution in [3.63, 3.8) is 0 Å². The lowest BCUT2D eigenvalue weighted by Crippen LogP contribution is -2.21. The lowest BCUT2D eigenvalue weighted by atomic mass is 10.3. The van der Waals surface area contributed by atoms with E-state index in [-0.39, 0.29) is 0 Å². The van der Waals surface area contributed by atoms with Crippen molar-refractivity contribution in [2.75, 3.05) is 25.5 Å². The summed E-state index contributed by atoms with van der Waals surface area (Å²) in [5, 5.41) is 6.62. The van der Waals surface area contributed by atoms with Crippen LogP contribution in [0, 0.1) is 0 Å². The van der Waals surface area contributed by atoms with Crippen LogP contribution in [0.1, 0.15) is 5.76 Å². The van der Waals surface area contributed by atoms with E-state index in [0.29, 0.717) is 0 Å². The minimum absolute atomic E-state index is 0.751. The minimum atomic E-state index is 0.751. The second-order valence-corrected chi connectivity index (χ2v) is 3.88. The van der Waals surface area contributed by atoms with Crippen LogP contribution in [0.5, 0.6) is 5.75 Å². The van der Waals surface area contributed by atoms with Gasteiger partial charge in [-0.2, -0.15) is 0 Å². The van der Waals surface area contributed by atoms with E-state index < -0.39 is 0 Å². The lowest BCUT2D eigenvalue weighted by Gasteiger charge is -2.10. The number of rotatable bonds is 7. The second kappa shape index (κ2) is 6.71. The third-order valence-electron chi connectivity index (χ3n) is 2.60. The van der Waals surface area contributed by atoms with Crippen molar-refractivity contribution in [2.24, 2.45) is 0 Å². The van der Waals surface area contributed by atoms with Crippen LogP contribution in [0.4, 0.5) is 5.69 Å². The third-order valence-corrected chi connectivity index (χ3v) is 2.60. The predicted octanol–water partition coefficient (Wildman–Crippen LogP) is 2.49. The number of anilines is 1. The quantitative estimate of drug-likeness (QED) is 0.737. The summed E-state index contributed by atoms with van der Waals surface area (Å²) in [6.07, 6.45) is 1.68. The van der Waals surface area contributed by atoms with Crippen molar-refractivity contribution < 1.29 is 9.15 Å². The predicted molar refractivity (Wildman–Crippen MR) is 71.9 cm³/mol. The van der Waals surface area contributed by atoms with Gasteiger partial charge in [0.1, 0.15) is 11.5 Å². The van der Waals surface area contributed by atoms with E-state index >= 15 is 0 Å². The van der Waals surface area contributed by atoms with Gasteiger partial charge in [-0.3, -0.25) is 0 Å². The van der Waals surface area contributed by atoms with Crippen LogP contribution >= 0.6 is 0 Å². The molecule has 0 aliphatic rings. The largest absolute Gasteiger partial charge is 0.495 e. The summed E-state index contributed by atoms with van der Waals surface area (Å²) < 4.78 is 10.5. The average Bonchev–Trinajstić information content (AvgIpc) is 2.92. The molecule has 2 aromatic rings. The molecule has 0 unspecified atom stereocenters. The van der Waals surface area contributed by atoms with Crippen LogP contribution in [-0.2, 0) is 6.54 Å². The SMILES string of the molecule is COc1ccccc1NCCNCc1ccco1. The summed E-state index contributed by atoms with van der Waals surface area (Å²) in [5.74, 6) is 1.82. The van der Waals surface area contributed by atoms with E-state index in [0.717, 1.165) is 36.8 Å². The Bertz CT molecular complexity index is 455. The molecule has 1 aromatic heterocycles. The van der Waals surface area contributed by atoms with Gasteiger partial charge in [0, 0.05) is 13.1 Å². The van der Waals surface area contributed by atoms with Crippen molar-refractivity contribution in [1.29, 1.82) is 0 Å². The monoisotopic (exact) mass is 246 g/mol. The smallest absolute Gasteiger partial charge is 0.141 e. The molecule has 4 nitrogen and oxygen atoms in total. The van der Waals surface area contributed by atoms with Crippen molar-refractivity contribution in [3.8, 4) is 5.75 Å². The van der Waals surface area contributed by atoms with Gasteiger partial charge in [-0.25, -0.2) is 0 Å². The first kappa shape index (κ1) is 12.5. The standard InChI is InChI=1S/C14H18N2O2/c1-17-14-7-3-2-6-13(14)16-9-8-15-11-12-5-4-10-18-12/h2-7,10,15-16H,8-9,11H2,1H3. The van der Waals surface area contributed by atoms with Crippen LogP contribution in [-0.4, -0.2) is 20.2 Å². The zero-order chi connectivity index (χ0) is 12.6. The van der Waals surface area contributed by atoms with Crippen molar-refractivity contribution in [1.82, 2.24) is 5.32 Å². The van der Waals surface area contributed by atoms with Crippen LogP contribution in [0.15, 0.2) is 47.1 Å². The number of furan rings is 1. The molecule has 1 aromatic carbocycles. The van der Waals surface area contributed by atoms with Crippen LogP contribution in [0.2, 0.25) is 0 Å². The van der Waals surface area contributed by atoms with Crippen LogP contribution in [0.25, 0.3) is 0 Å². The Labute approximate surface area is 107 Å². The Kier molecular flexibility index (Phi) is 4.67. The molecule has 18 heavy (non-hydrogen) atoms. The molecular weight excluding hydrogens is 228 g/mol. The van der Waals surface area contributed by atoms with Crippen LogP contribution in [0.3, 0.4) is 0 Å². The molecule has 0 saturated carbocycles. The second-order valence-electron chi connectivity index (χ2n) is 3.88. The van der Waals surface area contributed by atoms with Crippen LogP contribution < -0.4 is 15.4 Å². The van der Waals surface area contributed by atoms with Crippen molar-refractivity contribution in [3.05, 3.63) is 48.4 Å². The Morgan fingerprint density at radius 1 is 1.11 bits per heavy atom.